The summed E-state index contributed by atoms with van der Waals surface area (Å²) in [6.45, 7) is 14.0. The normalized spacial score (nSPS) is 13.7. The van der Waals surface area contributed by atoms with Crippen molar-refractivity contribution < 1.29 is 18.0 Å². The van der Waals surface area contributed by atoms with E-state index in [9.17, 15) is 0 Å². The molecule has 612 valence electrons. The molecule has 3 aliphatic carbocycles. The molecule has 0 aliphatic heterocycles. The Kier molecular flexibility index (Phi) is 16.0. The molecule has 3 aliphatic rings. The van der Waals surface area contributed by atoms with Crippen LogP contribution in [0, 0.1) is 0 Å². The van der Waals surface area contributed by atoms with Gasteiger partial charge in [-0.1, -0.05) is 248 Å². The third-order valence-electron chi connectivity index (χ3n) is 28.5. The zero-order valence-electron chi connectivity index (χ0n) is 72.2. The molecule has 25 aromatic rings. The van der Waals surface area contributed by atoms with Crippen LogP contribution in [0.5, 0.6) is 5.75 Å². The van der Waals surface area contributed by atoms with Gasteiger partial charge < -0.3 is 31.7 Å². The average molecular weight is 1660 g/mol. The van der Waals surface area contributed by atoms with E-state index in [1.165, 1.54) is 176 Å². The molecule has 0 amide bonds. The topological polar surface area (TPSA) is 89.2 Å². The molecule has 0 N–H and O–H groups in total. The van der Waals surface area contributed by atoms with Crippen LogP contribution in [0.3, 0.4) is 0 Å². The lowest BCUT2D eigenvalue weighted by atomic mass is 9.82. The molecule has 9 nitrogen and oxygen atoms in total. The largest absolute Gasteiger partial charge is 0.497 e. The summed E-state index contributed by atoms with van der Waals surface area (Å²) in [6, 6.07) is 135. The number of nitrogens with zero attached hydrogens (tertiary/aromatic N) is 5. The summed E-state index contributed by atoms with van der Waals surface area (Å²) in [4.78, 5) is 10.1. The van der Waals surface area contributed by atoms with Crippen molar-refractivity contribution >= 4 is 142 Å². The Bertz CT molecular complexity index is 9000. The maximum atomic E-state index is 6.35. The molecule has 0 saturated heterocycles. The van der Waals surface area contributed by atoms with Gasteiger partial charge in [0.1, 0.15) is 39.2 Å². The fourth-order valence-corrected chi connectivity index (χ4v) is 22.0. The van der Waals surface area contributed by atoms with Crippen LogP contribution in [0.4, 0.5) is 0 Å². The maximum absolute atomic E-state index is 6.35. The van der Waals surface area contributed by atoms with E-state index in [1.54, 1.807) is 7.11 Å². The molecule has 0 radical (unpaired) electrons. The molecular weight excluding hydrogens is 1580 g/mol. The number of methoxy groups -OCH3 is 1. The summed E-state index contributed by atoms with van der Waals surface area (Å²) in [7, 11) is 1.71. The van der Waals surface area contributed by atoms with Crippen molar-refractivity contribution in [2.75, 3.05) is 7.11 Å². The van der Waals surface area contributed by atoms with Crippen molar-refractivity contribution in [1.82, 2.24) is 23.7 Å². The first-order chi connectivity index (χ1) is 63.1. The molecule has 0 bridgehead atoms. The van der Waals surface area contributed by atoms with Crippen molar-refractivity contribution in [3.8, 4) is 90.1 Å². The first-order valence-electron chi connectivity index (χ1n) is 44.5. The van der Waals surface area contributed by atoms with Gasteiger partial charge in [0.15, 0.2) is 5.82 Å². The quantitative estimate of drug-likeness (QED) is 0.158. The predicted octanol–water partition coefficient (Wildman–Crippen LogP) is 31.9. The second-order valence-corrected chi connectivity index (χ2v) is 36.6. The molecule has 28 rings (SSSR count). The third-order valence-corrected chi connectivity index (χ3v) is 28.5. The Hall–Kier alpha value is -16.1. The van der Waals surface area contributed by atoms with Crippen LogP contribution < -0.4 is 4.74 Å². The van der Waals surface area contributed by atoms with E-state index in [0.29, 0.717) is 5.82 Å². The fraction of sp³-hybridized carbons (Fsp3) is 0.0833. The number of hydrogen-bond acceptors (Lipinski definition) is 6. The summed E-state index contributed by atoms with van der Waals surface area (Å²) >= 11 is 0. The Morgan fingerprint density at radius 2 is 0.550 bits per heavy atom. The lowest BCUT2D eigenvalue weighted by Gasteiger charge is -2.22. The van der Waals surface area contributed by atoms with Crippen molar-refractivity contribution in [2.45, 2.75) is 57.8 Å². The van der Waals surface area contributed by atoms with Crippen LogP contribution in [0.15, 0.2) is 389 Å². The molecule has 0 unspecified atom stereocenters. The van der Waals surface area contributed by atoms with E-state index in [1.807, 2.05) is 42.5 Å². The molecule has 7 heterocycles. The van der Waals surface area contributed by atoms with E-state index in [0.717, 1.165) is 84.1 Å². The summed E-state index contributed by atoms with van der Waals surface area (Å²) in [5.74, 6) is 1.56. The molecule has 18 aromatic carbocycles. The standard InChI is InChI=1S/C49H33N3O.C37H25NO.C34H25NO2/c1-49(2)40-27-45-38(25-36(40)37-26-39-35-18-10-12-20-46(35)53-47(39)28-41(37)49)34-17-9-11-19-44(34)52(45)33-23-21-32(22-24-33)48-50-42(30-13-5-3-6-14-30)29-43(51-48)31-15-7-4-8-16-31;1-37(2)30-20-34-28(18-26(30)27-19-29-25-14-6-8-17-35(25)39-36(29)21-31(27)37)24-13-5-7-15-33(24)38(34)32-16-9-11-22-10-3-4-12-23(22)32;1-34(2)28-18-31-26(22-8-4-6-10-30(22)35(31)20-12-14-21(36-3)15-13-20)16-24(28)25-17-27-23-9-5-7-11-32(23)37-33(27)19-29(25)34/h3-29H,1-2H3;3-21H,1-2H3;4-19H,1-3H3. The number of benzene rings is 18. The summed E-state index contributed by atoms with van der Waals surface area (Å²) in [5, 5.41) is 17.1. The van der Waals surface area contributed by atoms with Crippen LogP contribution in [0.2, 0.25) is 0 Å². The van der Waals surface area contributed by atoms with E-state index in [4.69, 9.17) is 28.0 Å². The SMILES string of the molecule is CC1(C)c2cc3oc4ccccc4c3cc2-c2cc3c4ccccc4n(-c4ccc(-c5nc(-c6ccccc6)cc(-c6ccccc6)n5)cc4)c3cc21.CC1(C)c2cc3oc4ccccc4c3cc2-c2cc3c4ccccc4n(-c4cccc5ccccc45)c3cc21.COc1ccc(-n2c3ccccc3c3cc4c(cc32)C(C)(C)c2cc3oc5ccccc5c3cc2-4)cc1. The lowest BCUT2D eigenvalue weighted by molar-refractivity contribution is 0.415. The van der Waals surface area contributed by atoms with Gasteiger partial charge in [0, 0.05) is 114 Å². The van der Waals surface area contributed by atoms with Gasteiger partial charge in [-0.25, -0.2) is 9.97 Å². The zero-order valence-corrected chi connectivity index (χ0v) is 72.2. The number of hydrogen-bond donors (Lipinski definition) is 0. The average Bonchev–Trinajstić information content (AvgIpc) is 1.55. The Morgan fingerprint density at radius 3 is 0.953 bits per heavy atom. The molecule has 129 heavy (non-hydrogen) atoms. The molecular formula is C120H83N5O4. The highest BCUT2D eigenvalue weighted by atomic mass is 16.5. The van der Waals surface area contributed by atoms with Gasteiger partial charge in [-0.3, -0.25) is 0 Å². The van der Waals surface area contributed by atoms with Crippen LogP contribution in [-0.4, -0.2) is 30.8 Å². The molecule has 9 heteroatoms. The lowest BCUT2D eigenvalue weighted by Crippen LogP contribution is -2.15. The number of furan rings is 3. The Balaban J connectivity index is 0.000000104. The smallest absolute Gasteiger partial charge is 0.160 e. The first-order valence-corrected chi connectivity index (χ1v) is 44.5. The minimum Gasteiger partial charge on any atom is -0.497 e. The number of ether oxygens (including phenoxy) is 1. The zero-order chi connectivity index (χ0) is 86.0. The molecule has 0 fully saturated rings. The number of rotatable bonds is 7. The highest BCUT2D eigenvalue weighted by Gasteiger charge is 2.41. The number of aromatic nitrogens is 5. The van der Waals surface area contributed by atoms with Gasteiger partial charge in [0.2, 0.25) is 0 Å². The molecule has 0 spiro atoms. The summed E-state index contributed by atoms with van der Waals surface area (Å²) in [5.41, 5.74) is 36.7. The molecule has 7 aromatic heterocycles. The van der Waals surface area contributed by atoms with E-state index < -0.39 is 0 Å². The van der Waals surface area contributed by atoms with Gasteiger partial charge in [-0.15, -0.1) is 0 Å². The Labute approximate surface area is 743 Å². The van der Waals surface area contributed by atoms with Gasteiger partial charge in [0.05, 0.1) is 57.3 Å². The van der Waals surface area contributed by atoms with Gasteiger partial charge in [0.25, 0.3) is 0 Å². The Morgan fingerprint density at radius 1 is 0.233 bits per heavy atom. The summed E-state index contributed by atoms with van der Waals surface area (Å²) < 4.78 is 31.6. The van der Waals surface area contributed by atoms with E-state index >= 15 is 0 Å². The molecule has 0 atom stereocenters. The monoisotopic (exact) mass is 1660 g/mol. The van der Waals surface area contributed by atoms with Crippen LogP contribution in [0.25, 0.3) is 226 Å². The van der Waals surface area contributed by atoms with Crippen LogP contribution in [-0.2, 0) is 16.2 Å². The second kappa shape index (κ2) is 27.7. The number of fused-ring (bicyclic) bond motifs is 28. The highest BCUT2D eigenvalue weighted by molar-refractivity contribution is 6.18. The van der Waals surface area contributed by atoms with Gasteiger partial charge in [-0.05, 0) is 242 Å². The van der Waals surface area contributed by atoms with Crippen molar-refractivity contribution in [2.24, 2.45) is 0 Å². The van der Waals surface area contributed by atoms with Crippen LogP contribution >= 0.6 is 0 Å². The third kappa shape index (κ3) is 11.1. The highest BCUT2D eigenvalue weighted by Crippen LogP contribution is 2.58. The minimum atomic E-state index is -0.200. The maximum Gasteiger partial charge on any atom is 0.160 e. The summed E-state index contributed by atoms with van der Waals surface area (Å²) in [6.07, 6.45) is 0. The van der Waals surface area contributed by atoms with Crippen molar-refractivity contribution in [1.29, 1.82) is 0 Å². The first kappa shape index (κ1) is 74.3. The van der Waals surface area contributed by atoms with Gasteiger partial charge >= 0.3 is 0 Å². The minimum absolute atomic E-state index is 0.146. The van der Waals surface area contributed by atoms with Gasteiger partial charge in [-0.2, -0.15) is 0 Å². The van der Waals surface area contributed by atoms with E-state index in [-0.39, 0.29) is 16.2 Å². The second-order valence-electron chi connectivity index (χ2n) is 36.6. The number of para-hydroxylation sites is 6. The van der Waals surface area contributed by atoms with E-state index in [2.05, 4.69) is 389 Å². The fourth-order valence-electron chi connectivity index (χ4n) is 22.0. The van der Waals surface area contributed by atoms with Crippen molar-refractivity contribution in [3.63, 3.8) is 0 Å². The van der Waals surface area contributed by atoms with Crippen molar-refractivity contribution in [3.05, 3.63) is 409 Å². The predicted molar refractivity (Wildman–Crippen MR) is 533 cm³/mol. The molecule has 0 saturated carbocycles. The van der Waals surface area contributed by atoms with Crippen LogP contribution in [0.1, 0.15) is 74.9 Å².